The third-order valence-electron chi connectivity index (χ3n) is 5.37. The second-order valence-corrected chi connectivity index (χ2v) is 8.89. The van der Waals surface area contributed by atoms with Crippen molar-refractivity contribution in [3.63, 3.8) is 0 Å². The quantitative estimate of drug-likeness (QED) is 0.517. The molecule has 3 heterocycles. The van der Waals surface area contributed by atoms with Gasteiger partial charge in [0.05, 0.1) is 12.8 Å². The highest BCUT2D eigenvalue weighted by molar-refractivity contribution is 7.99. The Bertz CT molecular complexity index is 1060. The number of anilines is 1. The molecule has 5 nitrogen and oxygen atoms in total. The molecule has 154 valence electrons. The van der Waals surface area contributed by atoms with E-state index in [4.69, 9.17) is 25.8 Å². The lowest BCUT2D eigenvalue weighted by Gasteiger charge is -2.25. The van der Waals surface area contributed by atoms with E-state index in [9.17, 15) is 0 Å². The molecule has 2 aromatic carbocycles. The van der Waals surface area contributed by atoms with Gasteiger partial charge in [0.15, 0.2) is 11.5 Å². The fourth-order valence-corrected chi connectivity index (χ4v) is 5.56. The summed E-state index contributed by atoms with van der Waals surface area (Å²) in [5.41, 5.74) is 3.45. The van der Waals surface area contributed by atoms with E-state index in [1.54, 1.807) is 13.3 Å². The number of benzene rings is 2. The second kappa shape index (κ2) is 8.28. The minimum Gasteiger partial charge on any atom is -0.497 e. The second-order valence-electron chi connectivity index (χ2n) is 7.24. The number of halogens is 1. The minimum absolute atomic E-state index is 0.191. The SMILES string of the molecule is COc1ccc2c(c1)S[C@H](c1cc3c(cc1Cl)OCO3)CCN2Cc1cccnc1. The molecule has 0 spiro atoms. The van der Waals surface area contributed by atoms with E-state index >= 15 is 0 Å². The van der Waals surface area contributed by atoms with Gasteiger partial charge in [0.25, 0.3) is 0 Å². The number of nitrogens with zero attached hydrogens (tertiary/aromatic N) is 2. The Balaban J connectivity index is 1.50. The highest BCUT2D eigenvalue weighted by Gasteiger charge is 2.27. The first-order valence-corrected chi connectivity index (χ1v) is 11.0. The Labute approximate surface area is 184 Å². The maximum Gasteiger partial charge on any atom is 0.231 e. The zero-order chi connectivity index (χ0) is 20.5. The van der Waals surface area contributed by atoms with Gasteiger partial charge in [-0.2, -0.15) is 0 Å². The summed E-state index contributed by atoms with van der Waals surface area (Å²) in [6, 6.07) is 14.2. The van der Waals surface area contributed by atoms with Gasteiger partial charge in [0.2, 0.25) is 6.79 Å². The smallest absolute Gasteiger partial charge is 0.231 e. The molecule has 0 amide bonds. The lowest BCUT2D eigenvalue weighted by molar-refractivity contribution is 0.174. The molecule has 7 heteroatoms. The van der Waals surface area contributed by atoms with Gasteiger partial charge in [0.1, 0.15) is 5.75 Å². The molecular formula is C23H21ClN2O3S. The first kappa shape index (κ1) is 19.4. The average molecular weight is 441 g/mol. The average Bonchev–Trinajstić information content (AvgIpc) is 3.15. The Morgan fingerprint density at radius 3 is 2.87 bits per heavy atom. The van der Waals surface area contributed by atoms with E-state index in [0.717, 1.165) is 36.6 Å². The van der Waals surface area contributed by atoms with Gasteiger partial charge >= 0.3 is 0 Å². The van der Waals surface area contributed by atoms with Crippen LogP contribution in [0.25, 0.3) is 0 Å². The standard InChI is InChI=1S/C23H21ClN2O3S/c1-27-16-4-5-19-23(9-16)30-22(6-8-26(19)13-15-3-2-7-25-12-15)17-10-20-21(11-18(17)24)29-14-28-20/h2-5,7,9-12,22H,6,8,13-14H2,1H3/t22-/m0/s1. The highest BCUT2D eigenvalue weighted by atomic mass is 35.5. The predicted molar refractivity (Wildman–Crippen MR) is 119 cm³/mol. The normalized spacial score (nSPS) is 17.4. The van der Waals surface area contributed by atoms with Gasteiger partial charge in [-0.25, -0.2) is 0 Å². The molecule has 0 bridgehead atoms. The topological polar surface area (TPSA) is 43.8 Å². The molecule has 2 aliphatic rings. The van der Waals surface area contributed by atoms with Crippen LogP contribution < -0.4 is 19.1 Å². The summed E-state index contributed by atoms with van der Waals surface area (Å²) in [4.78, 5) is 7.85. The molecule has 5 rings (SSSR count). The van der Waals surface area contributed by atoms with Crippen LogP contribution in [0.4, 0.5) is 5.69 Å². The van der Waals surface area contributed by atoms with Crippen molar-refractivity contribution in [2.24, 2.45) is 0 Å². The van der Waals surface area contributed by atoms with Crippen LogP contribution in [0.1, 0.15) is 22.8 Å². The molecule has 0 saturated carbocycles. The molecule has 0 N–H and O–H groups in total. The molecular weight excluding hydrogens is 420 g/mol. The maximum atomic E-state index is 6.65. The molecule has 1 aromatic heterocycles. The zero-order valence-corrected chi connectivity index (χ0v) is 18.1. The molecule has 2 aliphatic heterocycles. The van der Waals surface area contributed by atoms with E-state index in [2.05, 4.69) is 28.1 Å². The number of fused-ring (bicyclic) bond motifs is 2. The van der Waals surface area contributed by atoms with Crippen LogP contribution >= 0.6 is 23.4 Å². The third-order valence-corrected chi connectivity index (χ3v) is 7.06. The summed E-state index contributed by atoms with van der Waals surface area (Å²) in [5.74, 6) is 2.32. The molecule has 0 fully saturated rings. The number of pyridine rings is 1. The van der Waals surface area contributed by atoms with Crippen molar-refractivity contribution in [1.82, 2.24) is 4.98 Å². The largest absolute Gasteiger partial charge is 0.497 e. The molecule has 0 aliphatic carbocycles. The van der Waals surface area contributed by atoms with E-state index < -0.39 is 0 Å². The lowest BCUT2D eigenvalue weighted by Crippen LogP contribution is -2.24. The summed E-state index contributed by atoms with van der Waals surface area (Å²) in [5, 5.41) is 0.902. The zero-order valence-electron chi connectivity index (χ0n) is 16.5. The first-order chi connectivity index (χ1) is 14.7. The van der Waals surface area contributed by atoms with Crippen LogP contribution in [0, 0.1) is 0 Å². The highest BCUT2D eigenvalue weighted by Crippen LogP contribution is 2.50. The minimum atomic E-state index is 0.191. The Morgan fingerprint density at radius 2 is 2.07 bits per heavy atom. The Kier molecular flexibility index (Phi) is 5.35. The number of hydrogen-bond donors (Lipinski definition) is 0. The van der Waals surface area contributed by atoms with Crippen LogP contribution in [0.2, 0.25) is 5.02 Å². The van der Waals surface area contributed by atoms with Gasteiger partial charge in [-0.05, 0) is 47.9 Å². The van der Waals surface area contributed by atoms with Crippen molar-refractivity contribution in [2.75, 3.05) is 25.3 Å². The Hall–Kier alpha value is -2.57. The number of thioether (sulfide) groups is 1. The third kappa shape index (κ3) is 3.77. The van der Waals surface area contributed by atoms with Crippen molar-refractivity contribution in [3.8, 4) is 17.2 Å². The lowest BCUT2D eigenvalue weighted by atomic mass is 10.1. The molecule has 0 unspecified atom stereocenters. The van der Waals surface area contributed by atoms with Crippen LogP contribution in [0.5, 0.6) is 17.2 Å². The van der Waals surface area contributed by atoms with Crippen molar-refractivity contribution in [3.05, 3.63) is 71.0 Å². The number of methoxy groups -OCH3 is 1. The summed E-state index contributed by atoms with van der Waals surface area (Å²) in [6.07, 6.45) is 4.67. The van der Waals surface area contributed by atoms with E-state index in [1.807, 2.05) is 42.2 Å². The summed E-state index contributed by atoms with van der Waals surface area (Å²) >= 11 is 8.47. The van der Waals surface area contributed by atoms with Crippen LogP contribution in [-0.2, 0) is 6.54 Å². The maximum absolute atomic E-state index is 6.65. The van der Waals surface area contributed by atoms with Gasteiger partial charge < -0.3 is 19.1 Å². The van der Waals surface area contributed by atoms with E-state index in [1.165, 1.54) is 16.1 Å². The summed E-state index contributed by atoms with van der Waals surface area (Å²) < 4.78 is 16.6. The van der Waals surface area contributed by atoms with E-state index in [0.29, 0.717) is 10.8 Å². The molecule has 3 aromatic rings. The predicted octanol–water partition coefficient (Wildman–Crippen LogP) is 5.72. The van der Waals surface area contributed by atoms with Crippen molar-refractivity contribution < 1.29 is 14.2 Å². The number of hydrogen-bond acceptors (Lipinski definition) is 6. The number of aromatic nitrogens is 1. The molecule has 30 heavy (non-hydrogen) atoms. The van der Waals surface area contributed by atoms with Crippen molar-refractivity contribution in [1.29, 1.82) is 0 Å². The van der Waals surface area contributed by atoms with Gasteiger partial charge in [0, 0.05) is 46.7 Å². The van der Waals surface area contributed by atoms with Gasteiger partial charge in [-0.15, -0.1) is 11.8 Å². The first-order valence-electron chi connectivity index (χ1n) is 9.79. The fraction of sp³-hybridized carbons (Fsp3) is 0.261. The van der Waals surface area contributed by atoms with Crippen molar-refractivity contribution >= 4 is 29.1 Å². The Morgan fingerprint density at radius 1 is 1.20 bits per heavy atom. The van der Waals surface area contributed by atoms with E-state index in [-0.39, 0.29) is 12.0 Å². The summed E-state index contributed by atoms with van der Waals surface area (Å²) in [6.45, 7) is 1.94. The monoisotopic (exact) mass is 440 g/mol. The number of ether oxygens (including phenoxy) is 3. The summed E-state index contributed by atoms with van der Waals surface area (Å²) in [7, 11) is 1.70. The number of rotatable bonds is 4. The fourth-order valence-electron chi connectivity index (χ4n) is 3.86. The van der Waals surface area contributed by atoms with Crippen LogP contribution in [-0.4, -0.2) is 25.4 Å². The molecule has 0 saturated heterocycles. The van der Waals surface area contributed by atoms with Crippen LogP contribution in [0.3, 0.4) is 0 Å². The van der Waals surface area contributed by atoms with Gasteiger partial charge in [-0.1, -0.05) is 17.7 Å². The molecule has 1 atom stereocenters. The van der Waals surface area contributed by atoms with Crippen LogP contribution in [0.15, 0.2) is 59.8 Å². The van der Waals surface area contributed by atoms with Crippen molar-refractivity contribution in [2.45, 2.75) is 23.1 Å². The van der Waals surface area contributed by atoms with Gasteiger partial charge in [-0.3, -0.25) is 4.98 Å². The molecule has 0 radical (unpaired) electrons.